The van der Waals surface area contributed by atoms with Crippen molar-refractivity contribution >= 4 is 35.2 Å². The number of hydrogen-bond donors (Lipinski definition) is 4. The molecule has 6 nitrogen and oxygen atoms in total. The van der Waals surface area contributed by atoms with Crippen LogP contribution in [0.3, 0.4) is 0 Å². The Morgan fingerprint density at radius 3 is 2.24 bits per heavy atom. The molecule has 0 unspecified atom stereocenters. The van der Waals surface area contributed by atoms with Crippen molar-refractivity contribution in [3.05, 3.63) is 34.9 Å². The highest BCUT2D eigenvalue weighted by molar-refractivity contribution is 8.00. The van der Waals surface area contributed by atoms with Crippen molar-refractivity contribution in [3.63, 3.8) is 0 Å². The standard InChI is InChI=1S/C34H55ClN2O4S/c1-22(2)16-30(38)31(39)28(19-23-10-7-6-8-11-23)36-33(41)29(20-24-14-15-24)37-32(40)26(21-42-34(3,4)5)17-25-12-9-13-27(35)18-25/h9,12-13,18,22-24,26,28-31,38-39H,6-8,10-11,14-17,19-21H2,1-5H3,(H,36,41)(H,37,40)/t26-,28+,29+,30+,31-/m1/s1. The van der Waals surface area contributed by atoms with Gasteiger partial charge in [-0.05, 0) is 61.1 Å². The SMILES string of the molecule is CC(C)C[C@H](O)[C@H](O)[C@H](CC1CCCCC1)NC(=O)[C@H](CC1CC1)NC(=O)[C@@H](CSC(C)(C)C)Cc1cccc(Cl)c1. The van der Waals surface area contributed by atoms with Crippen LogP contribution in [0.2, 0.25) is 5.02 Å². The molecule has 0 heterocycles. The molecule has 2 saturated carbocycles. The Morgan fingerprint density at radius 1 is 0.976 bits per heavy atom. The van der Waals surface area contributed by atoms with Gasteiger partial charge in [0.15, 0.2) is 0 Å². The van der Waals surface area contributed by atoms with Crippen LogP contribution in [0.1, 0.15) is 104 Å². The van der Waals surface area contributed by atoms with Gasteiger partial charge in [-0.25, -0.2) is 0 Å². The van der Waals surface area contributed by atoms with Crippen LogP contribution < -0.4 is 10.6 Å². The third kappa shape index (κ3) is 12.8. The quantitative estimate of drug-likeness (QED) is 0.168. The Labute approximate surface area is 263 Å². The molecule has 0 spiro atoms. The Bertz CT molecular complexity index is 990. The molecule has 42 heavy (non-hydrogen) atoms. The van der Waals surface area contributed by atoms with Crippen LogP contribution in [0.5, 0.6) is 0 Å². The molecule has 1 aromatic rings. The summed E-state index contributed by atoms with van der Waals surface area (Å²) in [5.41, 5.74) is 0.996. The van der Waals surface area contributed by atoms with Crippen molar-refractivity contribution in [2.45, 2.75) is 134 Å². The molecule has 2 aliphatic carbocycles. The molecule has 3 rings (SSSR count). The number of aliphatic hydroxyl groups is 2. The molecule has 0 saturated heterocycles. The summed E-state index contributed by atoms with van der Waals surface area (Å²) >= 11 is 7.99. The van der Waals surface area contributed by atoms with Gasteiger partial charge in [-0.1, -0.05) is 103 Å². The molecule has 4 N–H and O–H groups in total. The van der Waals surface area contributed by atoms with E-state index in [2.05, 4.69) is 31.4 Å². The van der Waals surface area contributed by atoms with E-state index in [0.29, 0.717) is 48.3 Å². The molecule has 5 atom stereocenters. The van der Waals surface area contributed by atoms with Crippen molar-refractivity contribution in [1.82, 2.24) is 10.6 Å². The highest BCUT2D eigenvalue weighted by atomic mass is 35.5. The molecule has 238 valence electrons. The summed E-state index contributed by atoms with van der Waals surface area (Å²) in [6.45, 7) is 10.5. The van der Waals surface area contributed by atoms with Crippen LogP contribution in [0, 0.1) is 23.7 Å². The van der Waals surface area contributed by atoms with Gasteiger partial charge in [-0.2, -0.15) is 11.8 Å². The first-order chi connectivity index (χ1) is 19.8. The van der Waals surface area contributed by atoms with Crippen LogP contribution in [0.15, 0.2) is 24.3 Å². The molecular formula is C34H55ClN2O4S. The zero-order valence-electron chi connectivity index (χ0n) is 26.4. The third-order valence-corrected chi connectivity index (χ3v) is 10.2. The third-order valence-electron chi connectivity index (χ3n) is 8.52. The number of carbonyl (C=O) groups excluding carboxylic acids is 2. The fourth-order valence-corrected chi connectivity index (χ4v) is 7.16. The van der Waals surface area contributed by atoms with Crippen LogP contribution >= 0.6 is 23.4 Å². The number of amides is 2. The maximum absolute atomic E-state index is 13.8. The predicted molar refractivity (Wildman–Crippen MR) is 175 cm³/mol. The number of hydrogen-bond acceptors (Lipinski definition) is 5. The van der Waals surface area contributed by atoms with E-state index >= 15 is 0 Å². The fourth-order valence-electron chi connectivity index (χ4n) is 5.97. The Morgan fingerprint density at radius 2 is 1.64 bits per heavy atom. The van der Waals surface area contributed by atoms with Gasteiger partial charge in [0.05, 0.1) is 18.1 Å². The maximum Gasteiger partial charge on any atom is 0.242 e. The van der Waals surface area contributed by atoms with Gasteiger partial charge in [0.2, 0.25) is 11.8 Å². The van der Waals surface area contributed by atoms with E-state index in [9.17, 15) is 19.8 Å². The number of nitrogens with one attached hydrogen (secondary N) is 2. The summed E-state index contributed by atoms with van der Waals surface area (Å²) in [7, 11) is 0. The molecule has 2 aliphatic rings. The van der Waals surface area contributed by atoms with E-state index < -0.39 is 24.3 Å². The van der Waals surface area contributed by atoms with Gasteiger partial charge in [-0.3, -0.25) is 9.59 Å². The lowest BCUT2D eigenvalue weighted by Gasteiger charge is -2.34. The summed E-state index contributed by atoms with van der Waals surface area (Å²) in [6.07, 6.45) is 8.13. The second-order valence-electron chi connectivity index (χ2n) is 14.2. The predicted octanol–water partition coefficient (Wildman–Crippen LogP) is 6.54. The van der Waals surface area contributed by atoms with Gasteiger partial charge < -0.3 is 20.8 Å². The van der Waals surface area contributed by atoms with Crippen LogP contribution in [0.4, 0.5) is 0 Å². The topological polar surface area (TPSA) is 98.7 Å². The zero-order valence-corrected chi connectivity index (χ0v) is 28.0. The lowest BCUT2D eigenvalue weighted by molar-refractivity contribution is -0.132. The molecule has 1 aromatic carbocycles. The number of benzene rings is 1. The summed E-state index contributed by atoms with van der Waals surface area (Å²) in [5.74, 6) is 0.990. The van der Waals surface area contributed by atoms with E-state index in [-0.39, 0.29) is 28.4 Å². The number of rotatable bonds is 16. The van der Waals surface area contributed by atoms with Gasteiger partial charge in [0, 0.05) is 15.5 Å². The normalized spacial score (nSPS) is 20.0. The maximum atomic E-state index is 13.8. The van der Waals surface area contributed by atoms with Gasteiger partial charge in [-0.15, -0.1) is 0 Å². The summed E-state index contributed by atoms with van der Waals surface area (Å²) in [4.78, 5) is 27.7. The second-order valence-corrected chi connectivity index (χ2v) is 16.5. The van der Waals surface area contributed by atoms with Gasteiger partial charge in [0.1, 0.15) is 12.1 Å². The monoisotopic (exact) mass is 622 g/mol. The Hall–Kier alpha value is -1.28. The Balaban J connectivity index is 1.75. The average Bonchev–Trinajstić information content (AvgIpc) is 3.73. The molecule has 0 aliphatic heterocycles. The largest absolute Gasteiger partial charge is 0.390 e. The first-order valence-electron chi connectivity index (χ1n) is 16.2. The first-order valence-corrected chi connectivity index (χ1v) is 17.5. The molecule has 2 amide bonds. The summed E-state index contributed by atoms with van der Waals surface area (Å²) < 4.78 is -0.00302. The lowest BCUT2D eigenvalue weighted by atomic mass is 9.82. The van der Waals surface area contributed by atoms with Crippen molar-refractivity contribution in [1.29, 1.82) is 0 Å². The summed E-state index contributed by atoms with van der Waals surface area (Å²) in [5, 5.41) is 28.9. The molecule has 2 fully saturated rings. The van der Waals surface area contributed by atoms with E-state index in [4.69, 9.17) is 11.6 Å². The van der Waals surface area contributed by atoms with Crippen LogP contribution in [0.25, 0.3) is 0 Å². The van der Waals surface area contributed by atoms with Gasteiger partial charge >= 0.3 is 0 Å². The molecule has 0 aromatic heterocycles. The van der Waals surface area contributed by atoms with Crippen molar-refractivity contribution in [2.75, 3.05) is 5.75 Å². The minimum atomic E-state index is -1.05. The molecule has 8 heteroatoms. The zero-order chi connectivity index (χ0) is 30.9. The van der Waals surface area contributed by atoms with Crippen molar-refractivity contribution in [3.8, 4) is 0 Å². The number of carbonyl (C=O) groups is 2. The minimum Gasteiger partial charge on any atom is -0.390 e. The number of halogens is 1. The van der Waals surface area contributed by atoms with E-state index in [0.717, 1.165) is 44.1 Å². The Kier molecular flexibility index (Phi) is 14.0. The molecule has 0 radical (unpaired) electrons. The first kappa shape index (κ1) is 35.2. The lowest BCUT2D eigenvalue weighted by Crippen LogP contribution is -2.56. The fraction of sp³-hybridized carbons (Fsp3) is 0.765. The molecular weight excluding hydrogens is 568 g/mol. The van der Waals surface area contributed by atoms with Crippen molar-refractivity contribution < 1.29 is 19.8 Å². The average molecular weight is 623 g/mol. The highest BCUT2D eigenvalue weighted by Crippen LogP contribution is 2.34. The van der Waals surface area contributed by atoms with Crippen molar-refractivity contribution in [2.24, 2.45) is 23.7 Å². The second kappa shape index (κ2) is 16.7. The van der Waals surface area contributed by atoms with E-state index in [1.54, 1.807) is 11.8 Å². The van der Waals surface area contributed by atoms with E-state index in [1.165, 1.54) is 6.42 Å². The molecule has 0 bridgehead atoms. The smallest absolute Gasteiger partial charge is 0.242 e. The van der Waals surface area contributed by atoms with Crippen LogP contribution in [-0.4, -0.2) is 56.8 Å². The number of aliphatic hydroxyl groups excluding tert-OH is 2. The number of thioether (sulfide) groups is 1. The highest BCUT2D eigenvalue weighted by Gasteiger charge is 2.36. The van der Waals surface area contributed by atoms with Crippen LogP contribution in [-0.2, 0) is 16.0 Å². The van der Waals surface area contributed by atoms with E-state index in [1.807, 2.05) is 38.1 Å². The van der Waals surface area contributed by atoms with Gasteiger partial charge in [0.25, 0.3) is 0 Å². The summed E-state index contributed by atoms with van der Waals surface area (Å²) in [6, 6.07) is 6.40. The minimum absolute atomic E-state index is 0.00302.